The number of fused-ring (bicyclic) bond motifs is 1. The van der Waals surface area contributed by atoms with Gasteiger partial charge in [-0.25, -0.2) is 4.98 Å². The highest BCUT2D eigenvalue weighted by Gasteiger charge is 2.24. The maximum atomic E-state index is 11.8. The number of nitrogens with zero attached hydrogens (tertiary/aromatic N) is 2. The molecule has 0 saturated carbocycles. The molecule has 2 heterocycles. The predicted molar refractivity (Wildman–Crippen MR) is 62.7 cm³/mol. The van der Waals surface area contributed by atoms with E-state index in [1.165, 1.54) is 0 Å². The molecule has 0 bridgehead atoms. The van der Waals surface area contributed by atoms with Crippen LogP contribution in [0.15, 0.2) is 17.3 Å². The largest absolute Gasteiger partial charge is 0.366 e. The van der Waals surface area contributed by atoms with E-state index in [9.17, 15) is 4.21 Å². The zero-order valence-corrected chi connectivity index (χ0v) is 10.2. The van der Waals surface area contributed by atoms with Crippen LogP contribution in [0.4, 0.5) is 5.69 Å². The molecule has 0 fully saturated rings. The smallest absolute Gasteiger partial charge is 0.150 e. The minimum atomic E-state index is -0.913. The Morgan fingerprint density at radius 1 is 1.53 bits per heavy atom. The first-order valence-corrected chi connectivity index (χ1v) is 6.53. The Morgan fingerprint density at radius 3 is 2.93 bits per heavy atom. The van der Waals surface area contributed by atoms with Gasteiger partial charge in [-0.05, 0) is 32.4 Å². The number of aromatic nitrogens is 1. The zero-order chi connectivity index (χ0) is 11.0. The number of rotatable bonds is 1. The van der Waals surface area contributed by atoms with Crippen LogP contribution in [-0.4, -0.2) is 27.5 Å². The molecule has 0 saturated heterocycles. The SMILES string of the molecule is Cc1cnc2c(c1)N(C(C)C)CCS2=O. The van der Waals surface area contributed by atoms with Crippen LogP contribution in [0.3, 0.4) is 0 Å². The molecule has 1 aromatic heterocycles. The first-order chi connectivity index (χ1) is 7.09. The standard InChI is InChI=1S/C11H16N2OS/c1-8(2)13-4-5-15(14)11-10(13)6-9(3)7-12-11/h6-8H,4-5H2,1-3H3. The van der Waals surface area contributed by atoms with Gasteiger partial charge in [-0.2, -0.15) is 0 Å². The van der Waals surface area contributed by atoms with Crippen molar-refractivity contribution in [1.29, 1.82) is 0 Å². The van der Waals surface area contributed by atoms with Gasteiger partial charge < -0.3 is 4.90 Å². The molecule has 0 aromatic carbocycles. The van der Waals surface area contributed by atoms with Gasteiger partial charge in [0, 0.05) is 24.5 Å². The number of hydrogen-bond donors (Lipinski definition) is 0. The summed E-state index contributed by atoms with van der Waals surface area (Å²) in [5.41, 5.74) is 2.17. The summed E-state index contributed by atoms with van der Waals surface area (Å²) in [6.45, 7) is 7.19. The van der Waals surface area contributed by atoms with Crippen molar-refractivity contribution in [3.8, 4) is 0 Å². The maximum Gasteiger partial charge on any atom is 0.150 e. The highest BCUT2D eigenvalue weighted by atomic mass is 32.2. The molecule has 0 aliphatic carbocycles. The Kier molecular flexibility index (Phi) is 2.78. The van der Waals surface area contributed by atoms with Crippen LogP contribution in [0, 0.1) is 6.92 Å². The van der Waals surface area contributed by atoms with Gasteiger partial charge in [0.2, 0.25) is 0 Å². The average Bonchev–Trinajstić information content (AvgIpc) is 2.17. The molecule has 1 unspecified atom stereocenters. The van der Waals surface area contributed by atoms with Crippen LogP contribution in [0.25, 0.3) is 0 Å². The maximum absolute atomic E-state index is 11.8. The molecule has 4 heteroatoms. The lowest BCUT2D eigenvalue weighted by molar-refractivity contribution is 0.651. The normalized spacial score (nSPS) is 20.5. The van der Waals surface area contributed by atoms with Crippen molar-refractivity contribution >= 4 is 16.5 Å². The van der Waals surface area contributed by atoms with Crippen molar-refractivity contribution in [2.75, 3.05) is 17.2 Å². The van der Waals surface area contributed by atoms with E-state index < -0.39 is 10.8 Å². The lowest BCUT2D eigenvalue weighted by Crippen LogP contribution is -2.38. The van der Waals surface area contributed by atoms with Gasteiger partial charge in [0.1, 0.15) is 0 Å². The molecule has 1 aromatic rings. The summed E-state index contributed by atoms with van der Waals surface area (Å²) in [4.78, 5) is 6.57. The Balaban J connectivity index is 2.51. The molecule has 1 aliphatic rings. The monoisotopic (exact) mass is 224 g/mol. The third kappa shape index (κ3) is 1.91. The Morgan fingerprint density at radius 2 is 2.27 bits per heavy atom. The number of anilines is 1. The highest BCUT2D eigenvalue weighted by Crippen LogP contribution is 2.28. The fourth-order valence-corrected chi connectivity index (χ4v) is 2.99. The predicted octanol–water partition coefficient (Wildman–Crippen LogP) is 1.73. The van der Waals surface area contributed by atoms with Crippen molar-refractivity contribution in [3.05, 3.63) is 17.8 Å². The fourth-order valence-electron chi connectivity index (χ4n) is 1.86. The highest BCUT2D eigenvalue weighted by molar-refractivity contribution is 7.85. The van der Waals surface area contributed by atoms with E-state index in [0.29, 0.717) is 11.8 Å². The van der Waals surface area contributed by atoms with Crippen LogP contribution < -0.4 is 4.90 Å². The summed E-state index contributed by atoms with van der Waals surface area (Å²) < 4.78 is 11.8. The molecular weight excluding hydrogens is 208 g/mol. The van der Waals surface area contributed by atoms with Crippen LogP contribution in [0.2, 0.25) is 0 Å². The third-order valence-corrected chi connectivity index (χ3v) is 3.93. The van der Waals surface area contributed by atoms with Gasteiger partial charge in [-0.15, -0.1) is 0 Å². The van der Waals surface area contributed by atoms with E-state index in [-0.39, 0.29) is 0 Å². The van der Waals surface area contributed by atoms with Crippen LogP contribution in [-0.2, 0) is 10.8 Å². The van der Waals surface area contributed by atoms with Crippen LogP contribution in [0.5, 0.6) is 0 Å². The summed E-state index contributed by atoms with van der Waals surface area (Å²) in [7, 11) is -0.913. The van der Waals surface area contributed by atoms with Crippen LogP contribution in [0.1, 0.15) is 19.4 Å². The number of hydrogen-bond acceptors (Lipinski definition) is 3. The van der Waals surface area contributed by atoms with Crippen molar-refractivity contribution in [2.24, 2.45) is 0 Å². The second-order valence-electron chi connectivity index (χ2n) is 4.17. The second-order valence-corrected chi connectivity index (χ2v) is 5.66. The zero-order valence-electron chi connectivity index (χ0n) is 9.36. The van der Waals surface area contributed by atoms with Gasteiger partial charge in [-0.1, -0.05) is 0 Å². The van der Waals surface area contributed by atoms with E-state index in [1.807, 2.05) is 6.92 Å². The Labute approximate surface area is 93.0 Å². The lowest BCUT2D eigenvalue weighted by Gasteiger charge is -2.33. The third-order valence-electron chi connectivity index (χ3n) is 2.63. The quantitative estimate of drug-likeness (QED) is 0.728. The van der Waals surface area contributed by atoms with E-state index in [1.54, 1.807) is 6.20 Å². The molecule has 3 nitrogen and oxygen atoms in total. The minimum absolute atomic E-state index is 0.435. The van der Waals surface area contributed by atoms with E-state index in [2.05, 4.69) is 29.8 Å². The molecular formula is C11H16N2OS. The second kappa shape index (κ2) is 3.93. The van der Waals surface area contributed by atoms with Gasteiger partial charge in [0.05, 0.1) is 16.5 Å². The Hall–Kier alpha value is -0.900. The van der Waals surface area contributed by atoms with E-state index >= 15 is 0 Å². The Bertz CT molecular complexity index is 404. The molecule has 0 amide bonds. The summed E-state index contributed by atoms with van der Waals surface area (Å²) >= 11 is 0. The van der Waals surface area contributed by atoms with Crippen molar-refractivity contribution in [2.45, 2.75) is 31.8 Å². The van der Waals surface area contributed by atoms with Gasteiger partial charge >= 0.3 is 0 Å². The number of pyridine rings is 1. The van der Waals surface area contributed by atoms with Crippen molar-refractivity contribution in [3.63, 3.8) is 0 Å². The molecule has 0 spiro atoms. The van der Waals surface area contributed by atoms with Gasteiger partial charge in [0.25, 0.3) is 0 Å². The summed E-state index contributed by atoms with van der Waals surface area (Å²) in [5.74, 6) is 0.696. The van der Waals surface area contributed by atoms with Crippen molar-refractivity contribution in [1.82, 2.24) is 4.98 Å². The molecule has 2 rings (SSSR count). The van der Waals surface area contributed by atoms with E-state index in [4.69, 9.17) is 0 Å². The molecule has 0 radical (unpaired) electrons. The van der Waals surface area contributed by atoms with Gasteiger partial charge in [-0.3, -0.25) is 4.21 Å². The van der Waals surface area contributed by atoms with Crippen molar-refractivity contribution < 1.29 is 4.21 Å². The first-order valence-electron chi connectivity index (χ1n) is 5.21. The summed E-state index contributed by atoms with van der Waals surface area (Å²) in [5, 5.41) is 0.751. The summed E-state index contributed by atoms with van der Waals surface area (Å²) in [6, 6.07) is 2.52. The molecule has 1 aliphatic heterocycles. The number of aryl methyl sites for hydroxylation is 1. The fraction of sp³-hybridized carbons (Fsp3) is 0.545. The summed E-state index contributed by atoms with van der Waals surface area (Å²) in [6.07, 6.45) is 1.79. The van der Waals surface area contributed by atoms with Crippen LogP contribution >= 0.6 is 0 Å². The lowest BCUT2D eigenvalue weighted by atomic mass is 10.2. The van der Waals surface area contributed by atoms with Gasteiger partial charge in [0.15, 0.2) is 5.03 Å². The molecule has 1 atom stereocenters. The molecule has 82 valence electrons. The van der Waals surface area contributed by atoms with E-state index in [0.717, 1.165) is 22.8 Å². The first kappa shape index (κ1) is 10.6. The topological polar surface area (TPSA) is 33.2 Å². The molecule has 15 heavy (non-hydrogen) atoms. The average molecular weight is 224 g/mol. The minimum Gasteiger partial charge on any atom is -0.366 e. The molecule has 0 N–H and O–H groups in total.